The number of nitrogens with zero attached hydrogens (tertiary/aromatic N) is 3. The van der Waals surface area contributed by atoms with Crippen LogP contribution in [-0.2, 0) is 0 Å². The minimum atomic E-state index is 0.554. The molecule has 0 saturated carbocycles. The van der Waals surface area contributed by atoms with Crippen LogP contribution in [0.4, 0.5) is 16.5 Å². The molecule has 0 saturated heterocycles. The highest BCUT2D eigenvalue weighted by Gasteiger charge is 2.21. The second-order valence-electron chi connectivity index (χ2n) is 6.10. The zero-order chi connectivity index (χ0) is 17.2. The summed E-state index contributed by atoms with van der Waals surface area (Å²) >= 11 is 1.62. The molecule has 0 amide bonds. The Labute approximate surface area is 150 Å². The summed E-state index contributed by atoms with van der Waals surface area (Å²) in [6.45, 7) is 2.23. The molecule has 1 unspecified atom stereocenters. The van der Waals surface area contributed by atoms with Crippen molar-refractivity contribution in [2.45, 2.75) is 32.1 Å². The molecule has 0 fully saturated rings. The van der Waals surface area contributed by atoms with E-state index < -0.39 is 0 Å². The number of methoxy groups -OCH3 is 1. The highest BCUT2D eigenvalue weighted by molar-refractivity contribution is 7.22. The average Bonchev–Trinajstić information content (AvgIpc) is 3.05. The van der Waals surface area contributed by atoms with Crippen LogP contribution < -0.4 is 10.1 Å². The molecule has 1 aliphatic heterocycles. The van der Waals surface area contributed by atoms with Crippen molar-refractivity contribution in [2.75, 3.05) is 12.4 Å². The van der Waals surface area contributed by atoms with Crippen LogP contribution in [-0.4, -0.2) is 23.3 Å². The lowest BCUT2D eigenvalue weighted by molar-refractivity contribution is 0.416. The molecule has 5 nitrogen and oxygen atoms in total. The molecule has 0 radical (unpaired) electrons. The fourth-order valence-electron chi connectivity index (χ4n) is 3.30. The molecular weight excluding hydrogens is 332 g/mol. The fourth-order valence-corrected chi connectivity index (χ4v) is 4.18. The van der Waals surface area contributed by atoms with Crippen LogP contribution in [0.5, 0.6) is 5.75 Å². The Hall–Kier alpha value is -2.47. The summed E-state index contributed by atoms with van der Waals surface area (Å²) in [5.74, 6) is 1.30. The molecule has 1 aliphatic rings. The maximum absolute atomic E-state index is 5.37. The third-order valence-corrected chi connectivity index (χ3v) is 5.43. The largest absolute Gasteiger partial charge is 0.494 e. The number of aliphatic imine (C=N–C) groups is 1. The number of ether oxygens (including phenoxy) is 1. The van der Waals surface area contributed by atoms with Crippen molar-refractivity contribution in [2.24, 2.45) is 4.99 Å². The summed E-state index contributed by atoms with van der Waals surface area (Å²) in [4.78, 5) is 13.6. The fraction of sp³-hybridized carbons (Fsp3) is 0.316. The Kier molecular flexibility index (Phi) is 4.36. The van der Waals surface area contributed by atoms with Gasteiger partial charge < -0.3 is 10.1 Å². The van der Waals surface area contributed by atoms with Gasteiger partial charge in [-0.2, -0.15) is 0 Å². The van der Waals surface area contributed by atoms with Gasteiger partial charge in [0.2, 0.25) is 0 Å². The second kappa shape index (κ2) is 6.80. The Morgan fingerprint density at radius 2 is 2.24 bits per heavy atom. The number of nitrogens with one attached hydrogen (secondary N) is 1. The standard InChI is InChI=1S/C19H20N4OS/c1-3-4-12-7-10-21-17-13(12)5-6-16-18(17)23-19(25-16)22-14-11-20-9-8-15(14)24-2/h5-6,8-12H,3-4,7H2,1-2H3,(H,22,23). The lowest BCUT2D eigenvalue weighted by atomic mass is 9.88. The van der Waals surface area contributed by atoms with Gasteiger partial charge in [-0.05, 0) is 30.4 Å². The van der Waals surface area contributed by atoms with E-state index in [0.29, 0.717) is 5.92 Å². The monoisotopic (exact) mass is 352 g/mol. The van der Waals surface area contributed by atoms with Gasteiger partial charge in [-0.1, -0.05) is 30.7 Å². The first-order valence-electron chi connectivity index (χ1n) is 8.51. The normalized spacial score (nSPS) is 16.0. The van der Waals surface area contributed by atoms with E-state index >= 15 is 0 Å². The summed E-state index contributed by atoms with van der Waals surface area (Å²) in [6.07, 6.45) is 8.89. The molecule has 3 heterocycles. The zero-order valence-electron chi connectivity index (χ0n) is 14.3. The highest BCUT2D eigenvalue weighted by Crippen LogP contribution is 2.43. The Balaban J connectivity index is 1.73. The summed E-state index contributed by atoms with van der Waals surface area (Å²) in [6, 6.07) is 6.22. The quantitative estimate of drug-likeness (QED) is 0.665. The van der Waals surface area contributed by atoms with E-state index in [2.05, 4.69) is 34.3 Å². The van der Waals surface area contributed by atoms with E-state index in [1.54, 1.807) is 30.8 Å². The van der Waals surface area contributed by atoms with Gasteiger partial charge in [0.15, 0.2) is 5.13 Å². The van der Waals surface area contributed by atoms with Gasteiger partial charge in [0.1, 0.15) is 17.0 Å². The third-order valence-electron chi connectivity index (χ3n) is 4.50. The highest BCUT2D eigenvalue weighted by atomic mass is 32.1. The van der Waals surface area contributed by atoms with Crippen LogP contribution in [0.1, 0.15) is 37.7 Å². The molecule has 25 heavy (non-hydrogen) atoms. The van der Waals surface area contributed by atoms with Crippen molar-refractivity contribution in [3.05, 3.63) is 36.2 Å². The Morgan fingerprint density at radius 3 is 3.08 bits per heavy atom. The van der Waals surface area contributed by atoms with Gasteiger partial charge in [0, 0.05) is 18.5 Å². The molecule has 128 valence electrons. The number of benzene rings is 1. The van der Waals surface area contributed by atoms with Crippen molar-refractivity contribution in [3.63, 3.8) is 0 Å². The number of hydrogen-bond donors (Lipinski definition) is 1. The van der Waals surface area contributed by atoms with E-state index in [-0.39, 0.29) is 0 Å². The minimum absolute atomic E-state index is 0.554. The first-order chi connectivity index (χ1) is 12.3. The van der Waals surface area contributed by atoms with Gasteiger partial charge >= 0.3 is 0 Å². The summed E-state index contributed by atoms with van der Waals surface area (Å²) < 4.78 is 6.51. The lowest BCUT2D eigenvalue weighted by Crippen LogP contribution is -2.04. The van der Waals surface area contributed by atoms with Crippen molar-refractivity contribution in [3.8, 4) is 5.75 Å². The number of rotatable bonds is 5. The van der Waals surface area contributed by atoms with Crippen molar-refractivity contribution < 1.29 is 4.74 Å². The summed E-state index contributed by atoms with van der Waals surface area (Å²) in [5, 5.41) is 4.15. The van der Waals surface area contributed by atoms with Crippen LogP contribution in [0, 0.1) is 0 Å². The van der Waals surface area contributed by atoms with Crippen LogP contribution in [0.15, 0.2) is 35.6 Å². The SMILES string of the molecule is CCCC1CC=Nc2c1ccc1sc(Nc3cnccc3OC)nc21. The van der Waals surface area contributed by atoms with Crippen molar-refractivity contribution >= 4 is 44.3 Å². The van der Waals surface area contributed by atoms with Crippen LogP contribution in [0.2, 0.25) is 0 Å². The van der Waals surface area contributed by atoms with Crippen LogP contribution >= 0.6 is 11.3 Å². The second-order valence-corrected chi connectivity index (χ2v) is 7.13. The topological polar surface area (TPSA) is 59.4 Å². The van der Waals surface area contributed by atoms with Gasteiger partial charge in [0.25, 0.3) is 0 Å². The summed E-state index contributed by atoms with van der Waals surface area (Å²) in [5.41, 5.74) is 4.15. The number of aromatic nitrogens is 2. The predicted octanol–water partition coefficient (Wildman–Crippen LogP) is 5.43. The zero-order valence-corrected chi connectivity index (χ0v) is 15.1. The molecule has 1 atom stereocenters. The molecule has 6 heteroatoms. The maximum Gasteiger partial charge on any atom is 0.188 e. The van der Waals surface area contributed by atoms with E-state index in [4.69, 9.17) is 9.72 Å². The van der Waals surface area contributed by atoms with Gasteiger partial charge in [-0.3, -0.25) is 9.98 Å². The number of thiazole rings is 1. The average molecular weight is 352 g/mol. The Bertz CT molecular complexity index is 934. The van der Waals surface area contributed by atoms with E-state index in [1.165, 1.54) is 18.4 Å². The van der Waals surface area contributed by atoms with Crippen LogP contribution in [0.25, 0.3) is 10.2 Å². The molecule has 1 aromatic carbocycles. The smallest absolute Gasteiger partial charge is 0.188 e. The van der Waals surface area contributed by atoms with Gasteiger partial charge in [-0.25, -0.2) is 4.98 Å². The van der Waals surface area contributed by atoms with Gasteiger partial charge in [-0.15, -0.1) is 0 Å². The molecule has 3 aromatic rings. The van der Waals surface area contributed by atoms with Crippen molar-refractivity contribution in [1.29, 1.82) is 0 Å². The number of fused-ring (bicyclic) bond motifs is 3. The van der Waals surface area contributed by atoms with E-state index in [0.717, 1.165) is 38.9 Å². The number of hydrogen-bond acceptors (Lipinski definition) is 6. The minimum Gasteiger partial charge on any atom is -0.494 e. The first kappa shape index (κ1) is 16.0. The number of anilines is 2. The lowest BCUT2D eigenvalue weighted by Gasteiger charge is -2.20. The van der Waals surface area contributed by atoms with Gasteiger partial charge in [0.05, 0.1) is 23.7 Å². The summed E-state index contributed by atoms with van der Waals surface area (Å²) in [7, 11) is 1.65. The Morgan fingerprint density at radius 1 is 1.32 bits per heavy atom. The molecule has 4 rings (SSSR count). The molecule has 2 aromatic heterocycles. The third kappa shape index (κ3) is 2.98. The van der Waals surface area contributed by atoms with Crippen LogP contribution in [0.3, 0.4) is 0 Å². The number of pyridine rings is 1. The molecule has 0 spiro atoms. The predicted molar refractivity (Wildman–Crippen MR) is 104 cm³/mol. The van der Waals surface area contributed by atoms with E-state index in [9.17, 15) is 0 Å². The molecule has 0 bridgehead atoms. The van der Waals surface area contributed by atoms with Crippen molar-refractivity contribution in [1.82, 2.24) is 9.97 Å². The van der Waals surface area contributed by atoms with E-state index in [1.807, 2.05) is 12.3 Å². The molecular formula is C19H20N4OS. The first-order valence-corrected chi connectivity index (χ1v) is 9.32. The molecule has 0 aliphatic carbocycles. The maximum atomic E-state index is 5.37. The molecule has 1 N–H and O–H groups in total.